The van der Waals surface area contributed by atoms with Crippen molar-refractivity contribution >= 4 is 23.2 Å². The van der Waals surface area contributed by atoms with Gasteiger partial charge >= 0.3 is 0 Å². The van der Waals surface area contributed by atoms with Crippen molar-refractivity contribution in [1.29, 1.82) is 0 Å². The van der Waals surface area contributed by atoms with Gasteiger partial charge in [-0.15, -0.1) is 11.3 Å². The van der Waals surface area contributed by atoms with E-state index in [9.17, 15) is 0 Å². The molecule has 39 valence electrons. The Balaban J connectivity index is 2.67. The number of hydrogen-bond donors (Lipinski definition) is 0. The molecule has 8 heavy (non-hydrogen) atoms. The summed E-state index contributed by atoms with van der Waals surface area (Å²) in [7, 11) is 0. The number of aliphatic imine (C=N–C) groups is 1. The van der Waals surface area contributed by atoms with E-state index in [1.807, 2.05) is 6.07 Å². The minimum absolute atomic E-state index is 0.924. The van der Waals surface area contributed by atoms with Crippen LogP contribution in [0, 0.1) is 0 Å². The smallest absolute Gasteiger partial charge is 0.0776 e. The van der Waals surface area contributed by atoms with E-state index in [4.69, 9.17) is 0 Å². The molecule has 2 rings (SSSR count). The molecule has 0 fully saturated rings. The van der Waals surface area contributed by atoms with Crippen molar-refractivity contribution in [3.05, 3.63) is 16.3 Å². The molecule has 1 nitrogen and oxygen atoms in total. The van der Waals surface area contributed by atoms with Crippen LogP contribution < -0.4 is 0 Å². The number of fused-ring (bicyclic) bond motifs is 1. The molecule has 0 aromatic carbocycles. The Hall–Kier alpha value is -0.630. The van der Waals surface area contributed by atoms with E-state index >= 15 is 0 Å². The molecule has 1 radical (unpaired) electrons. The summed E-state index contributed by atoms with van der Waals surface area (Å²) in [5, 5.41) is 2.06. The van der Waals surface area contributed by atoms with E-state index in [0.717, 1.165) is 12.1 Å². The summed E-state index contributed by atoms with van der Waals surface area (Å²) < 4.78 is 0. The molecule has 0 aliphatic carbocycles. The van der Waals surface area contributed by atoms with Crippen molar-refractivity contribution < 1.29 is 0 Å². The molecule has 0 saturated carbocycles. The van der Waals surface area contributed by atoms with Gasteiger partial charge in [-0.1, -0.05) is 0 Å². The van der Waals surface area contributed by atoms with Crippen LogP contribution in [0.4, 0.5) is 5.69 Å². The largest absolute Gasteiger partial charge is 0.250 e. The van der Waals surface area contributed by atoms with Gasteiger partial charge in [0.2, 0.25) is 0 Å². The summed E-state index contributed by atoms with van der Waals surface area (Å²) >= 11 is 1.76. The molecule has 0 saturated heterocycles. The molecule has 1 aromatic heterocycles. The average Bonchev–Trinajstić information content (AvgIpc) is 2.15. The first-order valence-corrected chi connectivity index (χ1v) is 3.35. The first-order chi connectivity index (χ1) is 3.97. The minimum atomic E-state index is 0.924. The van der Waals surface area contributed by atoms with Gasteiger partial charge in [-0.3, -0.25) is 0 Å². The van der Waals surface area contributed by atoms with Crippen LogP contribution in [0.15, 0.2) is 16.4 Å². The molecule has 0 spiro atoms. The average molecular weight is 122 g/mol. The topological polar surface area (TPSA) is 12.4 Å². The van der Waals surface area contributed by atoms with E-state index in [2.05, 4.69) is 16.6 Å². The van der Waals surface area contributed by atoms with Crippen molar-refractivity contribution in [2.24, 2.45) is 4.99 Å². The Morgan fingerprint density at radius 3 is 3.62 bits per heavy atom. The van der Waals surface area contributed by atoms with Gasteiger partial charge in [-0.25, -0.2) is 4.99 Å². The minimum Gasteiger partial charge on any atom is -0.250 e. The van der Waals surface area contributed by atoms with Gasteiger partial charge in [-0.2, -0.15) is 0 Å². The summed E-state index contributed by atoms with van der Waals surface area (Å²) in [5.41, 5.74) is 1.12. The van der Waals surface area contributed by atoms with E-state index in [-0.39, 0.29) is 0 Å². The fraction of sp³-hybridized carbons (Fsp3) is 0.167. The summed E-state index contributed by atoms with van der Waals surface area (Å²) in [6, 6.07) is 2.03. The Kier molecular flexibility index (Phi) is 0.758. The van der Waals surface area contributed by atoms with Crippen LogP contribution in [-0.2, 0) is 6.42 Å². The molecule has 1 aliphatic heterocycles. The first-order valence-electron chi connectivity index (χ1n) is 2.47. The Morgan fingerprint density at radius 1 is 1.75 bits per heavy atom. The zero-order chi connectivity index (χ0) is 5.40. The Labute approximate surface area is 51.7 Å². The molecule has 1 aromatic rings. The lowest BCUT2D eigenvalue weighted by molar-refractivity contribution is 1.54. The number of rotatable bonds is 0. The SMILES string of the molecule is [C]1=Nc2ccsc2C1. The van der Waals surface area contributed by atoms with Crippen LogP contribution in [0.2, 0.25) is 0 Å². The third kappa shape index (κ3) is 0.434. The maximum absolute atomic E-state index is 4.02. The van der Waals surface area contributed by atoms with E-state index in [1.54, 1.807) is 11.3 Å². The predicted octanol–water partition coefficient (Wildman–Crippen LogP) is 1.88. The molecular weight excluding hydrogens is 118 g/mol. The normalized spacial score (nSPS) is 14.5. The molecule has 0 bridgehead atoms. The lowest BCUT2D eigenvalue weighted by Gasteiger charge is -1.77. The van der Waals surface area contributed by atoms with Crippen molar-refractivity contribution in [2.75, 3.05) is 0 Å². The first kappa shape index (κ1) is 4.27. The molecule has 0 unspecified atom stereocenters. The lowest BCUT2D eigenvalue weighted by atomic mass is 10.4. The van der Waals surface area contributed by atoms with E-state index < -0.39 is 0 Å². The second-order valence-electron chi connectivity index (χ2n) is 1.68. The molecular formula is C6H4NS. The number of nitrogens with zero attached hydrogens (tertiary/aromatic N) is 1. The summed E-state index contributed by atoms with van der Waals surface area (Å²) in [4.78, 5) is 5.37. The van der Waals surface area contributed by atoms with Gasteiger partial charge in [-0.05, 0) is 11.4 Å². The third-order valence-electron chi connectivity index (χ3n) is 1.16. The summed E-state index contributed by atoms with van der Waals surface area (Å²) in [6.45, 7) is 0. The lowest BCUT2D eigenvalue weighted by Crippen LogP contribution is -1.67. The molecule has 1 aliphatic rings. The van der Waals surface area contributed by atoms with Crippen molar-refractivity contribution in [3.63, 3.8) is 0 Å². The molecule has 0 amide bonds. The highest BCUT2D eigenvalue weighted by molar-refractivity contribution is 7.10. The van der Waals surface area contributed by atoms with Crippen LogP contribution in [0.25, 0.3) is 0 Å². The van der Waals surface area contributed by atoms with Gasteiger partial charge in [0.05, 0.1) is 11.9 Å². The fourth-order valence-corrected chi connectivity index (χ4v) is 1.51. The standard InChI is InChI=1S/C6H4NS/c1-3-7-5-2-4-8-6(1)5/h2,4H,1H2. The molecule has 0 N–H and O–H groups in total. The van der Waals surface area contributed by atoms with Gasteiger partial charge in [0.15, 0.2) is 0 Å². The van der Waals surface area contributed by atoms with Crippen LogP contribution in [0.1, 0.15) is 4.88 Å². The second kappa shape index (κ2) is 1.42. The molecule has 2 heteroatoms. The van der Waals surface area contributed by atoms with E-state index in [1.165, 1.54) is 4.88 Å². The molecule has 2 heterocycles. The quantitative estimate of drug-likeness (QED) is 0.498. The van der Waals surface area contributed by atoms with Crippen molar-refractivity contribution in [3.8, 4) is 0 Å². The number of thiophene rings is 1. The van der Waals surface area contributed by atoms with Crippen molar-refractivity contribution in [2.45, 2.75) is 6.42 Å². The van der Waals surface area contributed by atoms with Gasteiger partial charge in [0.25, 0.3) is 0 Å². The van der Waals surface area contributed by atoms with Gasteiger partial charge < -0.3 is 0 Å². The highest BCUT2D eigenvalue weighted by Gasteiger charge is 2.05. The van der Waals surface area contributed by atoms with Crippen LogP contribution in [-0.4, -0.2) is 6.21 Å². The summed E-state index contributed by atoms with van der Waals surface area (Å²) in [5.74, 6) is 0. The maximum Gasteiger partial charge on any atom is 0.0776 e. The van der Waals surface area contributed by atoms with Crippen LogP contribution >= 0.6 is 11.3 Å². The van der Waals surface area contributed by atoms with Gasteiger partial charge in [0.1, 0.15) is 0 Å². The van der Waals surface area contributed by atoms with Gasteiger partial charge in [0, 0.05) is 11.3 Å². The fourth-order valence-electron chi connectivity index (χ4n) is 0.762. The Bertz CT molecular complexity index is 224. The Morgan fingerprint density at radius 2 is 2.75 bits per heavy atom. The van der Waals surface area contributed by atoms with E-state index in [0.29, 0.717) is 0 Å². The second-order valence-corrected chi connectivity index (χ2v) is 2.68. The zero-order valence-corrected chi connectivity index (χ0v) is 5.03. The highest BCUT2D eigenvalue weighted by atomic mass is 32.1. The van der Waals surface area contributed by atoms with Crippen LogP contribution in [0.5, 0.6) is 0 Å². The monoisotopic (exact) mass is 122 g/mol. The number of hydrogen-bond acceptors (Lipinski definition) is 2. The van der Waals surface area contributed by atoms with Crippen molar-refractivity contribution in [1.82, 2.24) is 0 Å². The maximum atomic E-state index is 4.02. The predicted molar refractivity (Wildman–Crippen MR) is 35.1 cm³/mol. The summed E-state index contributed by atoms with van der Waals surface area (Å²) in [6.07, 6.45) is 3.83. The van der Waals surface area contributed by atoms with Crippen LogP contribution in [0.3, 0.4) is 0 Å². The zero-order valence-electron chi connectivity index (χ0n) is 4.22. The third-order valence-corrected chi connectivity index (χ3v) is 2.07. The highest BCUT2D eigenvalue weighted by Crippen LogP contribution is 2.28. The molecule has 0 atom stereocenters.